The molecule has 1 aromatic heterocycles. The van der Waals surface area contributed by atoms with Gasteiger partial charge in [0.15, 0.2) is 0 Å². The van der Waals surface area contributed by atoms with E-state index in [1.165, 1.54) is 11.3 Å². The van der Waals surface area contributed by atoms with Crippen LogP contribution in [0.25, 0.3) is 0 Å². The molecule has 3 N–H and O–H groups in total. The zero-order valence-corrected chi connectivity index (χ0v) is 14.1. The van der Waals surface area contributed by atoms with Crippen molar-refractivity contribution in [3.8, 4) is 5.75 Å². The topological polar surface area (TPSA) is 79.5 Å². The number of carbonyl (C=O) groups is 2. The average Bonchev–Trinajstić information content (AvgIpc) is 3.30. The lowest BCUT2D eigenvalue weighted by Gasteiger charge is -2.19. The van der Waals surface area contributed by atoms with Crippen molar-refractivity contribution in [2.45, 2.75) is 18.9 Å². The van der Waals surface area contributed by atoms with Crippen LogP contribution in [0.5, 0.6) is 5.75 Å². The van der Waals surface area contributed by atoms with Gasteiger partial charge in [-0.05, 0) is 47.9 Å². The van der Waals surface area contributed by atoms with Crippen molar-refractivity contribution in [1.82, 2.24) is 16.2 Å². The van der Waals surface area contributed by atoms with Gasteiger partial charge in [0.05, 0.1) is 18.0 Å². The summed E-state index contributed by atoms with van der Waals surface area (Å²) in [7, 11) is 1.62. The van der Waals surface area contributed by atoms with Crippen molar-refractivity contribution >= 4 is 23.3 Å². The number of amides is 3. The van der Waals surface area contributed by atoms with E-state index in [0.717, 1.165) is 24.2 Å². The fraction of sp³-hybridized carbons (Fsp3) is 0.294. The van der Waals surface area contributed by atoms with Crippen LogP contribution in [0.15, 0.2) is 41.8 Å². The Morgan fingerprint density at radius 1 is 1.17 bits per heavy atom. The maximum atomic E-state index is 12.1. The molecule has 24 heavy (non-hydrogen) atoms. The van der Waals surface area contributed by atoms with Crippen LogP contribution in [0.3, 0.4) is 0 Å². The Labute approximate surface area is 144 Å². The average molecular weight is 345 g/mol. The Morgan fingerprint density at radius 2 is 1.92 bits per heavy atom. The first-order valence-corrected chi connectivity index (χ1v) is 8.59. The second kappa shape index (κ2) is 7.35. The summed E-state index contributed by atoms with van der Waals surface area (Å²) in [5.41, 5.74) is 5.84. The highest BCUT2D eigenvalue weighted by molar-refractivity contribution is 7.12. The molecule has 0 saturated heterocycles. The van der Waals surface area contributed by atoms with Crippen molar-refractivity contribution in [1.29, 1.82) is 0 Å². The van der Waals surface area contributed by atoms with Crippen LogP contribution in [0, 0.1) is 5.92 Å². The number of carbonyl (C=O) groups excluding carboxylic acids is 2. The Hall–Kier alpha value is -2.54. The second-order valence-corrected chi connectivity index (χ2v) is 6.57. The summed E-state index contributed by atoms with van der Waals surface area (Å²) in [5.74, 6) is 0.880. The van der Waals surface area contributed by atoms with Crippen LogP contribution in [-0.4, -0.2) is 19.0 Å². The molecule has 1 saturated carbocycles. The molecule has 1 atom stereocenters. The number of benzene rings is 1. The van der Waals surface area contributed by atoms with Gasteiger partial charge in [-0.15, -0.1) is 11.3 Å². The number of hydrogen-bond donors (Lipinski definition) is 3. The van der Waals surface area contributed by atoms with Crippen LogP contribution < -0.4 is 20.9 Å². The minimum Gasteiger partial charge on any atom is -0.497 e. The maximum absolute atomic E-state index is 12.1. The summed E-state index contributed by atoms with van der Waals surface area (Å²) in [6.45, 7) is 0. The molecule has 0 unspecified atom stereocenters. The number of ether oxygens (including phenoxy) is 1. The van der Waals surface area contributed by atoms with Crippen LogP contribution in [0.1, 0.15) is 34.1 Å². The van der Waals surface area contributed by atoms with Crippen LogP contribution in [0.4, 0.5) is 4.79 Å². The molecule has 7 heteroatoms. The van der Waals surface area contributed by atoms with Crippen LogP contribution >= 0.6 is 11.3 Å². The van der Waals surface area contributed by atoms with Gasteiger partial charge in [-0.25, -0.2) is 10.2 Å². The number of urea groups is 1. The predicted molar refractivity (Wildman–Crippen MR) is 91.9 cm³/mol. The number of nitrogens with one attached hydrogen (secondary N) is 3. The highest BCUT2D eigenvalue weighted by Crippen LogP contribution is 2.41. The summed E-state index contributed by atoms with van der Waals surface area (Å²) in [5, 5.41) is 4.74. The minimum absolute atomic E-state index is 0.0745. The summed E-state index contributed by atoms with van der Waals surface area (Å²) in [6, 6.07) is 10.6. The van der Waals surface area contributed by atoms with E-state index in [0.29, 0.717) is 10.8 Å². The zero-order chi connectivity index (χ0) is 16.9. The first kappa shape index (κ1) is 16.3. The summed E-state index contributed by atoms with van der Waals surface area (Å²) >= 11 is 1.32. The number of rotatable bonds is 5. The molecule has 1 aliphatic carbocycles. The van der Waals surface area contributed by atoms with Gasteiger partial charge >= 0.3 is 6.03 Å². The SMILES string of the molecule is COc1ccc([C@H](NC(=O)NNC(=O)c2cccs2)C2CC2)cc1. The van der Waals surface area contributed by atoms with Crippen molar-refractivity contribution < 1.29 is 14.3 Å². The van der Waals surface area contributed by atoms with Gasteiger partial charge in [0.2, 0.25) is 0 Å². The van der Waals surface area contributed by atoms with Gasteiger partial charge in [-0.2, -0.15) is 0 Å². The monoisotopic (exact) mass is 345 g/mol. The fourth-order valence-electron chi connectivity index (χ4n) is 2.47. The molecule has 0 aliphatic heterocycles. The number of methoxy groups -OCH3 is 1. The van der Waals surface area contributed by atoms with Crippen molar-refractivity contribution in [2.75, 3.05) is 7.11 Å². The van der Waals surface area contributed by atoms with Crippen molar-refractivity contribution in [3.05, 3.63) is 52.2 Å². The second-order valence-electron chi connectivity index (χ2n) is 5.62. The Kier molecular flexibility index (Phi) is 5.00. The van der Waals surface area contributed by atoms with E-state index in [4.69, 9.17) is 4.74 Å². The number of thiophene rings is 1. The molecule has 2 aromatic rings. The largest absolute Gasteiger partial charge is 0.497 e. The summed E-state index contributed by atoms with van der Waals surface area (Å²) < 4.78 is 5.16. The first-order chi connectivity index (χ1) is 11.7. The van der Waals surface area contributed by atoms with Crippen molar-refractivity contribution in [2.24, 2.45) is 5.92 Å². The molecular formula is C17H19N3O3S. The lowest BCUT2D eigenvalue weighted by molar-refractivity contribution is 0.0940. The molecule has 0 bridgehead atoms. The van der Waals surface area contributed by atoms with Gasteiger partial charge in [-0.3, -0.25) is 10.2 Å². The summed E-state index contributed by atoms with van der Waals surface area (Å²) in [6.07, 6.45) is 2.16. The highest BCUT2D eigenvalue weighted by Gasteiger charge is 2.33. The summed E-state index contributed by atoms with van der Waals surface area (Å²) in [4.78, 5) is 24.5. The van der Waals surface area contributed by atoms with Gasteiger partial charge in [0, 0.05) is 0 Å². The maximum Gasteiger partial charge on any atom is 0.333 e. The molecule has 0 radical (unpaired) electrons. The first-order valence-electron chi connectivity index (χ1n) is 7.71. The number of hydrazine groups is 1. The Morgan fingerprint density at radius 3 is 2.50 bits per heavy atom. The highest BCUT2D eigenvalue weighted by atomic mass is 32.1. The molecule has 126 valence electrons. The third-order valence-electron chi connectivity index (χ3n) is 3.89. The van der Waals surface area contributed by atoms with E-state index in [9.17, 15) is 9.59 Å². The molecule has 3 amide bonds. The van der Waals surface area contributed by atoms with Crippen molar-refractivity contribution in [3.63, 3.8) is 0 Å². The molecule has 1 heterocycles. The van der Waals surface area contributed by atoms with E-state index < -0.39 is 6.03 Å². The molecule has 0 spiro atoms. The Bertz CT molecular complexity index is 696. The van der Waals surface area contributed by atoms with Gasteiger partial charge < -0.3 is 10.1 Å². The molecule has 3 rings (SSSR count). The third kappa shape index (κ3) is 4.05. The lowest BCUT2D eigenvalue weighted by atomic mass is 10.0. The minimum atomic E-state index is -0.423. The zero-order valence-electron chi connectivity index (χ0n) is 13.2. The lowest BCUT2D eigenvalue weighted by Crippen LogP contribution is -2.48. The smallest absolute Gasteiger partial charge is 0.333 e. The van der Waals surface area contributed by atoms with Crippen LogP contribution in [-0.2, 0) is 0 Å². The molecule has 1 aromatic carbocycles. The van der Waals surface area contributed by atoms with E-state index in [2.05, 4.69) is 16.2 Å². The molecule has 1 fully saturated rings. The molecular weight excluding hydrogens is 326 g/mol. The normalized spacial score (nSPS) is 14.5. The van der Waals surface area contributed by atoms with Gasteiger partial charge in [0.25, 0.3) is 5.91 Å². The quantitative estimate of drug-likeness (QED) is 0.729. The van der Waals surface area contributed by atoms with Gasteiger partial charge in [0.1, 0.15) is 5.75 Å². The van der Waals surface area contributed by atoms with E-state index in [1.807, 2.05) is 29.6 Å². The Balaban J connectivity index is 1.57. The van der Waals surface area contributed by atoms with E-state index >= 15 is 0 Å². The van der Waals surface area contributed by atoms with Crippen LogP contribution in [0.2, 0.25) is 0 Å². The predicted octanol–water partition coefficient (Wildman–Crippen LogP) is 2.85. The number of hydrogen-bond acceptors (Lipinski definition) is 4. The van der Waals surface area contributed by atoms with E-state index in [-0.39, 0.29) is 11.9 Å². The fourth-order valence-corrected chi connectivity index (χ4v) is 3.09. The standard InChI is InChI=1S/C17H19N3O3S/c1-23-13-8-6-12(7-9-13)15(11-4-5-11)18-17(22)20-19-16(21)14-3-2-10-24-14/h2-3,6-11,15H,4-5H2,1H3,(H,19,21)(H2,18,20,22)/t15-/m1/s1. The van der Waals surface area contributed by atoms with E-state index in [1.54, 1.807) is 19.2 Å². The molecule has 1 aliphatic rings. The third-order valence-corrected chi connectivity index (χ3v) is 4.76. The van der Waals surface area contributed by atoms with Gasteiger partial charge in [-0.1, -0.05) is 18.2 Å². The molecule has 6 nitrogen and oxygen atoms in total.